The van der Waals surface area contributed by atoms with E-state index in [1.54, 1.807) is 4.90 Å². The molecule has 0 aromatic carbocycles. The Morgan fingerprint density at radius 3 is 2.50 bits per heavy atom. The molecule has 16 heavy (non-hydrogen) atoms. The first kappa shape index (κ1) is 11.7. The number of likely N-dealkylation sites (tertiary alicyclic amines) is 1. The maximum absolute atomic E-state index is 11.7. The number of ether oxygens (including phenoxy) is 1. The van der Waals surface area contributed by atoms with E-state index in [1.807, 2.05) is 20.8 Å². The van der Waals surface area contributed by atoms with E-state index in [0.29, 0.717) is 11.3 Å². The van der Waals surface area contributed by atoms with Crippen molar-refractivity contribution in [3.8, 4) is 0 Å². The zero-order valence-electron chi connectivity index (χ0n) is 10.5. The molecule has 1 saturated carbocycles. The van der Waals surface area contributed by atoms with E-state index in [9.17, 15) is 4.79 Å². The van der Waals surface area contributed by atoms with Gasteiger partial charge in [0.05, 0.1) is 0 Å². The molecule has 0 unspecified atom stereocenters. The molecule has 1 atom stereocenters. The Morgan fingerprint density at radius 2 is 2.12 bits per heavy atom. The van der Waals surface area contributed by atoms with Crippen LogP contribution in [0.2, 0.25) is 0 Å². The third-order valence-corrected chi connectivity index (χ3v) is 3.80. The molecule has 2 aliphatic rings. The quantitative estimate of drug-likeness (QED) is 0.738. The summed E-state index contributed by atoms with van der Waals surface area (Å²) < 4.78 is 5.33. The lowest BCUT2D eigenvalue weighted by molar-refractivity contribution is -0.108. The molecule has 1 heterocycles. The van der Waals surface area contributed by atoms with Crippen LogP contribution in [0.15, 0.2) is 0 Å². The van der Waals surface area contributed by atoms with E-state index in [1.165, 1.54) is 12.8 Å². The second kappa shape index (κ2) is 3.62. The number of carbonyl (C=O) groups is 1. The first-order chi connectivity index (χ1) is 7.36. The monoisotopic (exact) mass is 226 g/mol. The van der Waals surface area contributed by atoms with Gasteiger partial charge in [-0.15, -0.1) is 0 Å². The molecular weight excluding hydrogens is 204 g/mol. The van der Waals surface area contributed by atoms with Crippen molar-refractivity contribution >= 4 is 6.09 Å². The summed E-state index contributed by atoms with van der Waals surface area (Å²) in [4.78, 5) is 13.5. The highest BCUT2D eigenvalue weighted by molar-refractivity contribution is 5.69. The second-order valence-corrected chi connectivity index (χ2v) is 6.17. The van der Waals surface area contributed by atoms with E-state index < -0.39 is 5.60 Å². The van der Waals surface area contributed by atoms with Crippen LogP contribution in [0.5, 0.6) is 0 Å². The summed E-state index contributed by atoms with van der Waals surface area (Å²) in [6.07, 6.45) is 2.26. The van der Waals surface area contributed by atoms with Crippen LogP contribution < -0.4 is 5.73 Å². The molecule has 1 saturated heterocycles. The van der Waals surface area contributed by atoms with Gasteiger partial charge in [0.25, 0.3) is 0 Å². The van der Waals surface area contributed by atoms with Crippen LogP contribution in [0.3, 0.4) is 0 Å². The highest BCUT2D eigenvalue weighted by Gasteiger charge is 2.55. The predicted molar refractivity (Wildman–Crippen MR) is 62.0 cm³/mol. The molecule has 1 spiro atoms. The van der Waals surface area contributed by atoms with Crippen molar-refractivity contribution in [2.45, 2.75) is 39.2 Å². The fourth-order valence-electron chi connectivity index (χ4n) is 2.71. The second-order valence-electron chi connectivity index (χ2n) is 6.17. The van der Waals surface area contributed by atoms with Crippen molar-refractivity contribution in [3.05, 3.63) is 0 Å². The minimum Gasteiger partial charge on any atom is -0.444 e. The van der Waals surface area contributed by atoms with Gasteiger partial charge in [0.15, 0.2) is 0 Å². The Bertz CT molecular complexity index is 288. The molecule has 1 aliphatic heterocycles. The van der Waals surface area contributed by atoms with E-state index in [0.717, 1.165) is 19.6 Å². The first-order valence-corrected chi connectivity index (χ1v) is 6.04. The zero-order chi connectivity index (χ0) is 12.0. The lowest BCUT2D eigenvalue weighted by Crippen LogP contribution is -2.67. The zero-order valence-corrected chi connectivity index (χ0v) is 10.5. The van der Waals surface area contributed by atoms with E-state index in [4.69, 9.17) is 10.5 Å². The first-order valence-electron chi connectivity index (χ1n) is 6.04. The fourth-order valence-corrected chi connectivity index (χ4v) is 2.71. The molecular formula is C12H22N2O2. The van der Waals surface area contributed by atoms with Crippen molar-refractivity contribution < 1.29 is 9.53 Å². The maximum Gasteiger partial charge on any atom is 0.410 e. The summed E-state index contributed by atoms with van der Waals surface area (Å²) in [6, 6.07) is 0. The lowest BCUT2D eigenvalue weighted by atomic mass is 9.56. The molecule has 0 radical (unpaired) electrons. The van der Waals surface area contributed by atoms with Gasteiger partial charge in [-0.05, 0) is 46.1 Å². The standard InChI is InChI=1S/C12H22N2O2/c1-11(2,3)16-10(15)14-7-12(8-14)5-4-9(12)6-13/h9H,4-8,13H2,1-3H3/t9-/m1/s1. The van der Waals surface area contributed by atoms with Gasteiger partial charge >= 0.3 is 6.09 Å². The molecule has 2 rings (SSSR count). The van der Waals surface area contributed by atoms with Crippen LogP contribution >= 0.6 is 0 Å². The normalized spacial score (nSPS) is 27.2. The van der Waals surface area contributed by atoms with Crippen molar-refractivity contribution in [2.75, 3.05) is 19.6 Å². The number of carbonyl (C=O) groups excluding carboxylic acids is 1. The average molecular weight is 226 g/mol. The van der Waals surface area contributed by atoms with E-state index in [-0.39, 0.29) is 6.09 Å². The summed E-state index contributed by atoms with van der Waals surface area (Å²) in [6.45, 7) is 8.11. The van der Waals surface area contributed by atoms with Crippen LogP contribution in [0.1, 0.15) is 33.6 Å². The Hall–Kier alpha value is -0.770. The van der Waals surface area contributed by atoms with E-state index in [2.05, 4.69) is 0 Å². The third-order valence-electron chi connectivity index (χ3n) is 3.80. The highest BCUT2D eigenvalue weighted by Crippen LogP contribution is 2.52. The van der Waals surface area contributed by atoms with Gasteiger partial charge in [0.2, 0.25) is 0 Å². The van der Waals surface area contributed by atoms with Crippen LogP contribution in [-0.2, 0) is 4.74 Å². The fraction of sp³-hybridized carbons (Fsp3) is 0.917. The van der Waals surface area contributed by atoms with Crippen LogP contribution in [0.25, 0.3) is 0 Å². The largest absolute Gasteiger partial charge is 0.444 e. The highest BCUT2D eigenvalue weighted by atomic mass is 16.6. The van der Waals surface area contributed by atoms with Crippen LogP contribution in [-0.4, -0.2) is 36.2 Å². The van der Waals surface area contributed by atoms with Crippen molar-refractivity contribution in [3.63, 3.8) is 0 Å². The van der Waals surface area contributed by atoms with Gasteiger partial charge in [-0.25, -0.2) is 4.79 Å². The van der Waals surface area contributed by atoms with Crippen molar-refractivity contribution in [2.24, 2.45) is 17.1 Å². The molecule has 4 nitrogen and oxygen atoms in total. The summed E-state index contributed by atoms with van der Waals surface area (Å²) in [5.74, 6) is 0.617. The van der Waals surface area contributed by atoms with Gasteiger partial charge < -0.3 is 15.4 Å². The van der Waals surface area contributed by atoms with Crippen LogP contribution in [0.4, 0.5) is 4.79 Å². The van der Waals surface area contributed by atoms with Crippen molar-refractivity contribution in [1.29, 1.82) is 0 Å². The number of rotatable bonds is 1. The number of hydrogen-bond donors (Lipinski definition) is 1. The molecule has 0 aromatic heterocycles. The predicted octanol–water partition coefficient (Wildman–Crippen LogP) is 1.59. The summed E-state index contributed by atoms with van der Waals surface area (Å²) in [7, 11) is 0. The number of nitrogens with zero attached hydrogens (tertiary/aromatic N) is 1. The van der Waals surface area contributed by atoms with Crippen molar-refractivity contribution in [1.82, 2.24) is 4.90 Å². The Balaban J connectivity index is 1.82. The average Bonchev–Trinajstić information content (AvgIpc) is 1.96. The Labute approximate surface area is 97.1 Å². The number of amides is 1. The third kappa shape index (κ3) is 1.90. The lowest BCUT2D eigenvalue weighted by Gasteiger charge is -2.60. The Kier molecular flexibility index (Phi) is 2.65. The SMILES string of the molecule is CC(C)(C)OC(=O)N1CC2(CC[C@@H]2CN)C1. The smallest absolute Gasteiger partial charge is 0.410 e. The molecule has 0 bridgehead atoms. The van der Waals surface area contributed by atoms with Gasteiger partial charge in [-0.1, -0.05) is 0 Å². The summed E-state index contributed by atoms with van der Waals surface area (Å²) in [5, 5.41) is 0. The topological polar surface area (TPSA) is 55.6 Å². The molecule has 4 heteroatoms. The van der Waals surface area contributed by atoms with Gasteiger partial charge in [0.1, 0.15) is 5.60 Å². The molecule has 1 aliphatic carbocycles. The molecule has 2 fully saturated rings. The molecule has 92 valence electrons. The van der Waals surface area contributed by atoms with Gasteiger partial charge in [-0.2, -0.15) is 0 Å². The molecule has 1 amide bonds. The minimum atomic E-state index is -0.396. The molecule has 2 N–H and O–H groups in total. The maximum atomic E-state index is 11.7. The number of nitrogens with two attached hydrogens (primary N) is 1. The minimum absolute atomic E-state index is 0.180. The van der Waals surface area contributed by atoms with Crippen LogP contribution in [0, 0.1) is 11.3 Å². The summed E-state index contributed by atoms with van der Waals surface area (Å²) >= 11 is 0. The van der Waals surface area contributed by atoms with Gasteiger partial charge in [-0.3, -0.25) is 0 Å². The van der Waals surface area contributed by atoms with E-state index >= 15 is 0 Å². The summed E-state index contributed by atoms with van der Waals surface area (Å²) in [5.41, 5.74) is 5.65. The van der Waals surface area contributed by atoms with Gasteiger partial charge in [0, 0.05) is 18.5 Å². The molecule has 0 aromatic rings. The number of hydrogen-bond acceptors (Lipinski definition) is 3. The Morgan fingerprint density at radius 1 is 1.50 bits per heavy atom.